The number of benzene rings is 1. The standard InChI is InChI=1S/C20H19FN6O/c21-15-2-4-16(5-3-15)25-19(28)18-7-6-17(14-24-18)26-10-12-27(13-11-26)20-22-8-1-9-23-20/h1-9,14H,10-13H2,(H,25,28). The lowest BCUT2D eigenvalue weighted by molar-refractivity contribution is 0.102. The Kier molecular flexibility index (Phi) is 5.09. The molecule has 0 aliphatic carbocycles. The van der Waals surface area contributed by atoms with E-state index in [9.17, 15) is 9.18 Å². The molecule has 1 fully saturated rings. The molecule has 0 spiro atoms. The first kappa shape index (κ1) is 17.8. The summed E-state index contributed by atoms with van der Waals surface area (Å²) in [7, 11) is 0. The first-order valence-electron chi connectivity index (χ1n) is 8.99. The van der Waals surface area contributed by atoms with Gasteiger partial charge >= 0.3 is 0 Å². The van der Waals surface area contributed by atoms with Gasteiger partial charge in [0.1, 0.15) is 11.5 Å². The minimum atomic E-state index is -0.348. The van der Waals surface area contributed by atoms with Crippen LogP contribution in [-0.2, 0) is 0 Å². The SMILES string of the molecule is O=C(Nc1ccc(F)cc1)c1ccc(N2CCN(c3ncccn3)CC2)cn1. The number of hydrogen-bond donors (Lipinski definition) is 1. The third-order valence-corrected chi connectivity index (χ3v) is 4.56. The number of piperazine rings is 1. The number of halogens is 1. The lowest BCUT2D eigenvalue weighted by Crippen LogP contribution is -2.47. The van der Waals surface area contributed by atoms with Gasteiger partial charge in [0.2, 0.25) is 5.95 Å². The first-order valence-corrected chi connectivity index (χ1v) is 8.99. The number of aromatic nitrogens is 3. The van der Waals surface area contributed by atoms with Crippen LogP contribution in [-0.4, -0.2) is 47.0 Å². The molecule has 2 aromatic heterocycles. The van der Waals surface area contributed by atoms with Crippen LogP contribution in [0.4, 0.5) is 21.7 Å². The van der Waals surface area contributed by atoms with Crippen LogP contribution in [0.1, 0.15) is 10.5 Å². The van der Waals surface area contributed by atoms with Crippen LogP contribution >= 0.6 is 0 Å². The Morgan fingerprint density at radius 2 is 1.57 bits per heavy atom. The van der Waals surface area contributed by atoms with Gasteiger partial charge in [0.15, 0.2) is 0 Å². The minimum Gasteiger partial charge on any atom is -0.367 e. The van der Waals surface area contributed by atoms with Gasteiger partial charge in [-0.3, -0.25) is 4.79 Å². The second-order valence-corrected chi connectivity index (χ2v) is 6.39. The van der Waals surface area contributed by atoms with Crippen molar-refractivity contribution < 1.29 is 9.18 Å². The van der Waals surface area contributed by atoms with Crippen LogP contribution < -0.4 is 15.1 Å². The minimum absolute atomic E-state index is 0.310. The summed E-state index contributed by atoms with van der Waals surface area (Å²) in [5, 5.41) is 2.71. The Bertz CT molecular complexity index is 925. The van der Waals surface area contributed by atoms with Gasteiger partial charge in [-0.05, 0) is 42.5 Å². The van der Waals surface area contributed by atoms with E-state index >= 15 is 0 Å². The average Bonchev–Trinajstić information content (AvgIpc) is 2.76. The van der Waals surface area contributed by atoms with E-state index in [4.69, 9.17) is 0 Å². The van der Waals surface area contributed by atoms with Crippen molar-refractivity contribution in [2.45, 2.75) is 0 Å². The van der Waals surface area contributed by atoms with Crippen molar-refractivity contribution in [3.63, 3.8) is 0 Å². The Balaban J connectivity index is 1.36. The van der Waals surface area contributed by atoms with Gasteiger partial charge in [-0.1, -0.05) is 0 Å². The van der Waals surface area contributed by atoms with E-state index in [1.165, 1.54) is 24.3 Å². The molecule has 1 saturated heterocycles. The molecule has 8 heteroatoms. The summed E-state index contributed by atoms with van der Waals surface area (Å²) in [5.41, 5.74) is 1.80. The van der Waals surface area contributed by atoms with Crippen molar-refractivity contribution >= 4 is 23.2 Å². The van der Waals surface area contributed by atoms with E-state index in [2.05, 4.69) is 30.1 Å². The maximum absolute atomic E-state index is 12.9. The predicted octanol–water partition coefficient (Wildman–Crippen LogP) is 2.59. The third-order valence-electron chi connectivity index (χ3n) is 4.56. The van der Waals surface area contributed by atoms with Gasteiger partial charge in [-0.2, -0.15) is 0 Å². The summed E-state index contributed by atoms with van der Waals surface area (Å²) in [6, 6.07) is 11.0. The molecule has 0 radical (unpaired) electrons. The molecule has 4 rings (SSSR count). The summed E-state index contributed by atoms with van der Waals surface area (Å²) in [6.07, 6.45) is 5.19. The molecule has 1 aromatic carbocycles. The second-order valence-electron chi connectivity index (χ2n) is 6.39. The molecule has 28 heavy (non-hydrogen) atoms. The van der Waals surface area contributed by atoms with Crippen molar-refractivity contribution in [2.24, 2.45) is 0 Å². The fraction of sp³-hybridized carbons (Fsp3) is 0.200. The summed E-state index contributed by atoms with van der Waals surface area (Å²) in [4.78, 5) is 29.5. The number of nitrogens with one attached hydrogen (secondary N) is 1. The largest absolute Gasteiger partial charge is 0.367 e. The number of amides is 1. The normalized spacial score (nSPS) is 14.0. The maximum Gasteiger partial charge on any atom is 0.274 e. The molecule has 3 aromatic rings. The quantitative estimate of drug-likeness (QED) is 0.752. The highest BCUT2D eigenvalue weighted by atomic mass is 19.1. The van der Waals surface area contributed by atoms with Crippen LogP contribution in [0.15, 0.2) is 61.1 Å². The average molecular weight is 378 g/mol. The van der Waals surface area contributed by atoms with Gasteiger partial charge in [0.05, 0.1) is 11.9 Å². The molecule has 7 nitrogen and oxygen atoms in total. The number of nitrogens with zero attached hydrogens (tertiary/aromatic N) is 5. The topological polar surface area (TPSA) is 74.2 Å². The number of pyridine rings is 1. The molecule has 0 saturated carbocycles. The van der Waals surface area contributed by atoms with Crippen LogP contribution in [0.25, 0.3) is 0 Å². The molecular formula is C20H19FN6O. The number of hydrogen-bond acceptors (Lipinski definition) is 6. The van der Waals surface area contributed by atoms with E-state index in [0.29, 0.717) is 11.4 Å². The zero-order chi connectivity index (χ0) is 19.3. The van der Waals surface area contributed by atoms with E-state index < -0.39 is 0 Å². The van der Waals surface area contributed by atoms with Crippen LogP contribution in [0, 0.1) is 5.82 Å². The van der Waals surface area contributed by atoms with E-state index in [1.807, 2.05) is 6.07 Å². The van der Waals surface area contributed by atoms with Crippen LogP contribution in [0.5, 0.6) is 0 Å². The monoisotopic (exact) mass is 378 g/mol. The van der Waals surface area contributed by atoms with Crippen molar-refractivity contribution in [1.82, 2.24) is 15.0 Å². The highest BCUT2D eigenvalue weighted by Gasteiger charge is 2.19. The lowest BCUT2D eigenvalue weighted by Gasteiger charge is -2.35. The molecule has 0 bridgehead atoms. The second kappa shape index (κ2) is 7.99. The molecule has 0 unspecified atom stereocenters. The highest BCUT2D eigenvalue weighted by Crippen LogP contribution is 2.18. The van der Waals surface area contributed by atoms with Gasteiger partial charge in [-0.25, -0.2) is 19.3 Å². The zero-order valence-corrected chi connectivity index (χ0v) is 15.1. The summed E-state index contributed by atoms with van der Waals surface area (Å²) in [6.45, 7) is 3.27. The van der Waals surface area contributed by atoms with Gasteiger partial charge in [-0.15, -0.1) is 0 Å². The van der Waals surface area contributed by atoms with Crippen molar-refractivity contribution in [2.75, 3.05) is 41.3 Å². The molecule has 1 aliphatic rings. The Labute approximate surface area is 161 Å². The van der Waals surface area contributed by atoms with Crippen molar-refractivity contribution in [3.8, 4) is 0 Å². The smallest absolute Gasteiger partial charge is 0.274 e. The lowest BCUT2D eigenvalue weighted by atomic mass is 10.2. The Morgan fingerprint density at radius 3 is 2.21 bits per heavy atom. The third kappa shape index (κ3) is 4.06. The molecule has 1 N–H and O–H groups in total. The van der Waals surface area contributed by atoms with E-state index in [1.54, 1.807) is 30.7 Å². The van der Waals surface area contributed by atoms with E-state index in [-0.39, 0.29) is 11.7 Å². The molecule has 3 heterocycles. The number of rotatable bonds is 4. The number of anilines is 3. The molecule has 1 amide bonds. The van der Waals surface area contributed by atoms with Crippen molar-refractivity contribution in [1.29, 1.82) is 0 Å². The summed E-state index contributed by atoms with van der Waals surface area (Å²) >= 11 is 0. The molecule has 142 valence electrons. The van der Waals surface area contributed by atoms with Crippen molar-refractivity contribution in [3.05, 3.63) is 72.6 Å². The molecule has 0 atom stereocenters. The van der Waals surface area contributed by atoms with Crippen LogP contribution in [0.2, 0.25) is 0 Å². The first-order chi connectivity index (χ1) is 13.7. The fourth-order valence-corrected chi connectivity index (χ4v) is 3.05. The molecular weight excluding hydrogens is 359 g/mol. The number of carbonyl (C=O) groups excluding carboxylic acids is 1. The van der Waals surface area contributed by atoms with Gasteiger partial charge in [0.25, 0.3) is 5.91 Å². The van der Waals surface area contributed by atoms with E-state index in [0.717, 1.165) is 37.8 Å². The summed E-state index contributed by atoms with van der Waals surface area (Å²) in [5.74, 6) is 0.0664. The zero-order valence-electron chi connectivity index (χ0n) is 15.1. The number of carbonyl (C=O) groups is 1. The maximum atomic E-state index is 12.9. The fourth-order valence-electron chi connectivity index (χ4n) is 3.05. The van der Waals surface area contributed by atoms with Gasteiger partial charge in [0, 0.05) is 44.3 Å². The predicted molar refractivity (Wildman–Crippen MR) is 105 cm³/mol. The highest BCUT2D eigenvalue weighted by molar-refractivity contribution is 6.02. The molecule has 1 aliphatic heterocycles. The van der Waals surface area contributed by atoms with Crippen LogP contribution in [0.3, 0.4) is 0 Å². The Hall–Kier alpha value is -3.55. The summed E-state index contributed by atoms with van der Waals surface area (Å²) < 4.78 is 12.9. The van der Waals surface area contributed by atoms with Gasteiger partial charge < -0.3 is 15.1 Å². The Morgan fingerprint density at radius 1 is 0.893 bits per heavy atom.